The minimum atomic E-state index is -0.485. The summed E-state index contributed by atoms with van der Waals surface area (Å²) in [5.74, 6) is 0.440. The SMILES string of the molecule is CN/C(=C/[N+](=O)[O-])N(C)Cc1ccccn1. The Morgan fingerprint density at radius 3 is 2.94 bits per heavy atom. The van der Waals surface area contributed by atoms with Gasteiger partial charge >= 0.3 is 0 Å². The Bertz CT molecular complexity index is 378. The molecule has 0 aliphatic heterocycles. The lowest BCUT2D eigenvalue weighted by Crippen LogP contribution is -2.27. The van der Waals surface area contributed by atoms with Crippen molar-refractivity contribution in [2.24, 2.45) is 0 Å². The van der Waals surface area contributed by atoms with Crippen LogP contribution in [0.1, 0.15) is 5.69 Å². The fourth-order valence-electron chi connectivity index (χ4n) is 1.27. The Hall–Kier alpha value is -2.11. The molecule has 1 rings (SSSR count). The predicted molar refractivity (Wildman–Crippen MR) is 59.8 cm³/mol. The van der Waals surface area contributed by atoms with E-state index in [0.29, 0.717) is 12.4 Å². The summed E-state index contributed by atoms with van der Waals surface area (Å²) >= 11 is 0. The third-order valence-electron chi connectivity index (χ3n) is 2.02. The van der Waals surface area contributed by atoms with Gasteiger partial charge in [0, 0.05) is 20.3 Å². The van der Waals surface area contributed by atoms with E-state index < -0.39 is 4.92 Å². The molecule has 0 aliphatic carbocycles. The summed E-state index contributed by atoms with van der Waals surface area (Å²) in [6.45, 7) is 0.515. The van der Waals surface area contributed by atoms with Gasteiger partial charge in [-0.3, -0.25) is 15.1 Å². The summed E-state index contributed by atoms with van der Waals surface area (Å²) in [5.41, 5.74) is 0.856. The number of hydrogen-bond donors (Lipinski definition) is 1. The van der Waals surface area contributed by atoms with E-state index in [2.05, 4.69) is 10.3 Å². The number of aromatic nitrogens is 1. The Labute approximate surface area is 93.7 Å². The zero-order chi connectivity index (χ0) is 12.0. The summed E-state index contributed by atoms with van der Waals surface area (Å²) in [5, 5.41) is 13.1. The van der Waals surface area contributed by atoms with Crippen molar-refractivity contribution in [3.63, 3.8) is 0 Å². The number of nitro groups is 1. The van der Waals surface area contributed by atoms with Crippen LogP contribution in [-0.2, 0) is 6.54 Å². The lowest BCUT2D eigenvalue weighted by Gasteiger charge is -2.19. The molecule has 16 heavy (non-hydrogen) atoms. The molecule has 0 radical (unpaired) electrons. The van der Waals surface area contributed by atoms with Crippen LogP contribution in [-0.4, -0.2) is 28.9 Å². The topological polar surface area (TPSA) is 71.3 Å². The molecule has 0 saturated carbocycles. The van der Waals surface area contributed by atoms with Gasteiger partial charge in [0.05, 0.1) is 17.2 Å². The van der Waals surface area contributed by atoms with Crippen LogP contribution in [0.5, 0.6) is 0 Å². The highest BCUT2D eigenvalue weighted by atomic mass is 16.6. The Morgan fingerprint density at radius 2 is 2.44 bits per heavy atom. The molecule has 0 fully saturated rings. The highest BCUT2D eigenvalue weighted by molar-refractivity contribution is 5.05. The molecular formula is C10H14N4O2. The molecule has 1 aromatic heterocycles. The molecule has 0 saturated heterocycles. The number of hydrogen-bond acceptors (Lipinski definition) is 5. The van der Waals surface area contributed by atoms with Gasteiger partial charge in [-0.25, -0.2) is 0 Å². The first-order valence-electron chi connectivity index (χ1n) is 4.77. The lowest BCUT2D eigenvalue weighted by molar-refractivity contribution is -0.404. The van der Waals surface area contributed by atoms with Gasteiger partial charge < -0.3 is 10.2 Å². The first kappa shape index (κ1) is 12.0. The lowest BCUT2D eigenvalue weighted by atomic mass is 10.3. The zero-order valence-electron chi connectivity index (χ0n) is 9.25. The van der Waals surface area contributed by atoms with E-state index >= 15 is 0 Å². The molecule has 0 atom stereocenters. The minimum absolute atomic E-state index is 0.440. The maximum Gasteiger partial charge on any atom is 0.274 e. The molecule has 1 N–H and O–H groups in total. The second-order valence-electron chi connectivity index (χ2n) is 3.23. The number of nitrogens with one attached hydrogen (secondary N) is 1. The fraction of sp³-hybridized carbons (Fsp3) is 0.300. The van der Waals surface area contributed by atoms with E-state index in [9.17, 15) is 10.1 Å². The van der Waals surface area contributed by atoms with Crippen molar-refractivity contribution in [3.8, 4) is 0 Å². The molecule has 1 heterocycles. The predicted octanol–water partition coefficient (Wildman–Crippen LogP) is 0.808. The van der Waals surface area contributed by atoms with Crippen LogP contribution in [0, 0.1) is 10.1 Å². The van der Waals surface area contributed by atoms with Crippen LogP contribution >= 0.6 is 0 Å². The highest BCUT2D eigenvalue weighted by Gasteiger charge is 2.08. The number of pyridine rings is 1. The van der Waals surface area contributed by atoms with E-state index in [-0.39, 0.29) is 0 Å². The Kier molecular flexibility index (Phi) is 4.26. The minimum Gasteiger partial charge on any atom is -0.370 e. The van der Waals surface area contributed by atoms with E-state index in [1.807, 2.05) is 18.2 Å². The standard InChI is InChI=1S/C10H14N4O2/c1-11-10(8-14(15)16)13(2)7-9-5-3-4-6-12-9/h3-6,8,11H,7H2,1-2H3/b10-8-. The highest BCUT2D eigenvalue weighted by Crippen LogP contribution is 2.03. The largest absolute Gasteiger partial charge is 0.370 e. The van der Waals surface area contributed by atoms with Gasteiger partial charge in [-0.2, -0.15) is 0 Å². The first-order chi connectivity index (χ1) is 7.63. The first-order valence-corrected chi connectivity index (χ1v) is 4.77. The third kappa shape index (κ3) is 3.56. The summed E-state index contributed by atoms with van der Waals surface area (Å²) in [6.07, 6.45) is 2.63. The van der Waals surface area contributed by atoms with Crippen molar-refractivity contribution in [2.75, 3.05) is 14.1 Å². The molecule has 1 aromatic rings. The van der Waals surface area contributed by atoms with Gasteiger partial charge in [0.2, 0.25) is 0 Å². The van der Waals surface area contributed by atoms with Crippen LogP contribution in [0.15, 0.2) is 36.4 Å². The van der Waals surface area contributed by atoms with Gasteiger partial charge in [0.25, 0.3) is 6.20 Å². The normalized spacial score (nSPS) is 11.0. The van der Waals surface area contributed by atoms with Gasteiger partial charge in [-0.15, -0.1) is 0 Å². The smallest absolute Gasteiger partial charge is 0.274 e. The van der Waals surface area contributed by atoms with Crippen LogP contribution in [0.4, 0.5) is 0 Å². The van der Waals surface area contributed by atoms with Crippen LogP contribution in [0.2, 0.25) is 0 Å². The molecule has 6 heteroatoms. The maximum absolute atomic E-state index is 10.4. The van der Waals surface area contributed by atoms with E-state index in [1.54, 1.807) is 25.2 Å². The molecular weight excluding hydrogens is 208 g/mol. The molecule has 0 aromatic carbocycles. The molecule has 0 spiro atoms. The molecule has 6 nitrogen and oxygen atoms in total. The fourth-order valence-corrected chi connectivity index (χ4v) is 1.27. The summed E-state index contributed by atoms with van der Waals surface area (Å²) in [7, 11) is 3.41. The van der Waals surface area contributed by atoms with Crippen molar-refractivity contribution in [2.45, 2.75) is 6.54 Å². The van der Waals surface area contributed by atoms with Crippen molar-refractivity contribution >= 4 is 0 Å². The molecule has 0 aliphatic rings. The number of nitrogens with zero attached hydrogens (tertiary/aromatic N) is 3. The van der Waals surface area contributed by atoms with E-state index in [4.69, 9.17) is 0 Å². The maximum atomic E-state index is 10.4. The Morgan fingerprint density at radius 1 is 1.69 bits per heavy atom. The zero-order valence-corrected chi connectivity index (χ0v) is 9.25. The van der Waals surface area contributed by atoms with Gasteiger partial charge in [-0.05, 0) is 12.1 Å². The summed E-state index contributed by atoms with van der Waals surface area (Å²) in [6, 6.07) is 5.58. The van der Waals surface area contributed by atoms with Gasteiger partial charge in [-0.1, -0.05) is 6.07 Å². The summed E-state index contributed by atoms with van der Waals surface area (Å²) < 4.78 is 0. The Balaban J connectivity index is 2.70. The summed E-state index contributed by atoms with van der Waals surface area (Å²) in [4.78, 5) is 15.8. The number of rotatable bonds is 5. The van der Waals surface area contributed by atoms with E-state index in [0.717, 1.165) is 11.9 Å². The quantitative estimate of drug-likeness (QED) is 0.589. The third-order valence-corrected chi connectivity index (χ3v) is 2.02. The van der Waals surface area contributed by atoms with Crippen molar-refractivity contribution < 1.29 is 4.92 Å². The van der Waals surface area contributed by atoms with E-state index in [1.165, 1.54) is 0 Å². The monoisotopic (exact) mass is 222 g/mol. The van der Waals surface area contributed by atoms with Crippen molar-refractivity contribution in [1.29, 1.82) is 0 Å². The molecule has 0 unspecified atom stereocenters. The van der Waals surface area contributed by atoms with Crippen LogP contribution in [0.25, 0.3) is 0 Å². The molecule has 0 bridgehead atoms. The van der Waals surface area contributed by atoms with Gasteiger partial charge in [0.1, 0.15) is 0 Å². The second kappa shape index (κ2) is 5.69. The second-order valence-corrected chi connectivity index (χ2v) is 3.23. The van der Waals surface area contributed by atoms with Gasteiger partial charge in [0.15, 0.2) is 5.82 Å². The average molecular weight is 222 g/mol. The van der Waals surface area contributed by atoms with Crippen molar-refractivity contribution in [3.05, 3.63) is 52.2 Å². The van der Waals surface area contributed by atoms with Crippen LogP contribution in [0.3, 0.4) is 0 Å². The molecule has 86 valence electrons. The van der Waals surface area contributed by atoms with Crippen LogP contribution < -0.4 is 5.32 Å². The van der Waals surface area contributed by atoms with Crippen molar-refractivity contribution in [1.82, 2.24) is 15.2 Å². The average Bonchev–Trinajstić information content (AvgIpc) is 2.26. The molecule has 0 amide bonds.